The maximum Gasteiger partial charge on any atom is 0.342 e. The molecular weight excluding hydrogens is 483 g/mol. The van der Waals surface area contributed by atoms with Crippen molar-refractivity contribution in [2.45, 2.75) is 5.25 Å². The molecule has 0 saturated carbocycles. The summed E-state index contributed by atoms with van der Waals surface area (Å²) in [5.74, 6) is -1.04. The van der Waals surface area contributed by atoms with Crippen LogP contribution in [0.25, 0.3) is 0 Å². The van der Waals surface area contributed by atoms with Gasteiger partial charge in [-0.1, -0.05) is 28.1 Å². The molecule has 0 aliphatic carbocycles. The van der Waals surface area contributed by atoms with Crippen molar-refractivity contribution in [2.75, 3.05) is 14.2 Å². The minimum absolute atomic E-state index is 0.0167. The largest absolute Gasteiger partial charge is 0.495 e. The van der Waals surface area contributed by atoms with E-state index in [4.69, 9.17) is 9.47 Å². The van der Waals surface area contributed by atoms with Gasteiger partial charge in [0.2, 0.25) is 0 Å². The second-order valence-corrected chi connectivity index (χ2v) is 7.59. The van der Waals surface area contributed by atoms with E-state index in [2.05, 4.69) is 31.9 Å². The Morgan fingerprint density at radius 1 is 1.16 bits per heavy atom. The molecule has 0 saturated heterocycles. The summed E-state index contributed by atoms with van der Waals surface area (Å²) in [4.78, 5) is 12.3. The zero-order valence-corrected chi connectivity index (χ0v) is 17.1. The number of halogens is 3. The highest BCUT2D eigenvalue weighted by Crippen LogP contribution is 2.40. The van der Waals surface area contributed by atoms with E-state index in [-0.39, 0.29) is 16.9 Å². The summed E-state index contributed by atoms with van der Waals surface area (Å²) < 4.78 is 46.2. The highest BCUT2D eigenvalue weighted by molar-refractivity contribution is 9.10. The van der Waals surface area contributed by atoms with E-state index in [1.54, 1.807) is 6.07 Å². The summed E-state index contributed by atoms with van der Waals surface area (Å²) in [6, 6.07) is 6.86. The van der Waals surface area contributed by atoms with Gasteiger partial charge in [-0.3, -0.25) is 0 Å². The van der Waals surface area contributed by atoms with E-state index in [0.29, 0.717) is 14.5 Å². The van der Waals surface area contributed by atoms with Gasteiger partial charge in [0.15, 0.2) is 11.1 Å². The Morgan fingerprint density at radius 2 is 1.80 bits per heavy atom. The molecule has 0 spiro atoms. The van der Waals surface area contributed by atoms with E-state index < -0.39 is 28.1 Å². The lowest BCUT2D eigenvalue weighted by Gasteiger charge is -2.20. The van der Waals surface area contributed by atoms with Crippen LogP contribution >= 0.6 is 31.9 Å². The Balaban J connectivity index is 2.79. The molecule has 0 aliphatic rings. The molecule has 0 radical (unpaired) electrons. The van der Waals surface area contributed by atoms with Gasteiger partial charge in [-0.05, 0) is 45.3 Å². The van der Waals surface area contributed by atoms with Crippen LogP contribution in [0.1, 0.15) is 26.7 Å². The van der Waals surface area contributed by atoms with Gasteiger partial charge < -0.3 is 14.0 Å². The number of esters is 1. The maximum atomic E-state index is 13.4. The van der Waals surface area contributed by atoms with Gasteiger partial charge >= 0.3 is 5.97 Å². The highest BCUT2D eigenvalue weighted by Gasteiger charge is 2.31. The van der Waals surface area contributed by atoms with E-state index in [1.165, 1.54) is 38.5 Å². The van der Waals surface area contributed by atoms with Gasteiger partial charge in [0.05, 0.1) is 18.7 Å². The van der Waals surface area contributed by atoms with Crippen LogP contribution < -0.4 is 4.74 Å². The molecule has 2 aromatic carbocycles. The molecule has 5 nitrogen and oxygen atoms in total. The Bertz CT molecular complexity index is 844. The first-order valence-corrected chi connectivity index (χ1v) is 9.56. The van der Waals surface area contributed by atoms with Crippen LogP contribution in [0.5, 0.6) is 5.75 Å². The van der Waals surface area contributed by atoms with E-state index >= 15 is 0 Å². The van der Waals surface area contributed by atoms with Crippen molar-refractivity contribution in [3.05, 3.63) is 61.8 Å². The molecule has 2 rings (SSSR count). The van der Waals surface area contributed by atoms with Crippen LogP contribution in [0.2, 0.25) is 0 Å². The third-order valence-electron chi connectivity index (χ3n) is 3.46. The van der Waals surface area contributed by atoms with Gasteiger partial charge in [0, 0.05) is 4.47 Å². The molecule has 0 amide bonds. The first-order valence-electron chi connectivity index (χ1n) is 6.81. The fourth-order valence-corrected chi connectivity index (χ4v) is 4.46. The summed E-state index contributed by atoms with van der Waals surface area (Å²) in [5.41, 5.74) is 0.583. The van der Waals surface area contributed by atoms with Crippen molar-refractivity contribution < 1.29 is 27.4 Å². The van der Waals surface area contributed by atoms with Crippen LogP contribution in [0.3, 0.4) is 0 Å². The van der Waals surface area contributed by atoms with Crippen LogP contribution in [0.4, 0.5) is 4.39 Å². The fourth-order valence-electron chi connectivity index (χ4n) is 2.40. The van der Waals surface area contributed by atoms with Crippen molar-refractivity contribution in [1.29, 1.82) is 0 Å². The molecule has 2 atom stereocenters. The van der Waals surface area contributed by atoms with Crippen molar-refractivity contribution >= 4 is 48.9 Å². The van der Waals surface area contributed by atoms with Gasteiger partial charge in [-0.2, -0.15) is 0 Å². The van der Waals surface area contributed by atoms with E-state index in [0.717, 1.165) is 0 Å². The molecule has 2 aromatic rings. The van der Waals surface area contributed by atoms with Gasteiger partial charge in [0.1, 0.15) is 22.4 Å². The average molecular weight is 496 g/mol. The lowest BCUT2D eigenvalue weighted by atomic mass is 9.98. The van der Waals surface area contributed by atoms with E-state index in [1.807, 2.05) is 0 Å². The Morgan fingerprint density at radius 3 is 2.32 bits per heavy atom. The number of benzene rings is 2. The van der Waals surface area contributed by atoms with Crippen LogP contribution in [0.15, 0.2) is 39.3 Å². The molecule has 9 heteroatoms. The molecular formula is C16H13Br2FO5S. The summed E-state index contributed by atoms with van der Waals surface area (Å²) in [5, 5.41) is -1.12. The van der Waals surface area contributed by atoms with Crippen molar-refractivity contribution in [3.63, 3.8) is 0 Å². The quantitative estimate of drug-likeness (QED) is 0.489. The molecule has 0 aromatic heterocycles. The third-order valence-corrected chi connectivity index (χ3v) is 5.69. The second-order valence-electron chi connectivity index (χ2n) is 4.86. The molecule has 25 heavy (non-hydrogen) atoms. The smallest absolute Gasteiger partial charge is 0.342 e. The first kappa shape index (κ1) is 20.0. The molecule has 0 fully saturated rings. The van der Waals surface area contributed by atoms with Gasteiger partial charge in [-0.25, -0.2) is 13.4 Å². The predicted octanol–water partition coefficient (Wildman–Crippen LogP) is 4.46. The molecule has 2 unspecified atom stereocenters. The maximum absolute atomic E-state index is 13.4. The van der Waals surface area contributed by atoms with Crippen molar-refractivity contribution in [2.24, 2.45) is 0 Å². The zero-order chi connectivity index (χ0) is 18.7. The minimum atomic E-state index is -2.40. The fraction of sp³-hybridized carbons (Fsp3) is 0.188. The number of hydrogen-bond acceptors (Lipinski definition) is 4. The molecule has 134 valence electrons. The summed E-state index contributed by atoms with van der Waals surface area (Å²) in [6.07, 6.45) is 0. The SMILES string of the molecule is COC(=O)c1c(C(c2ccc(F)cc2Br)S(=O)O)ccc(Br)c1OC. The number of carbonyl (C=O) groups excluding carboxylic acids is 1. The Kier molecular flexibility index (Phi) is 6.72. The summed E-state index contributed by atoms with van der Waals surface area (Å²) >= 11 is 4.08. The number of methoxy groups -OCH3 is 2. The molecule has 0 heterocycles. The van der Waals surface area contributed by atoms with E-state index in [9.17, 15) is 17.9 Å². The van der Waals surface area contributed by atoms with Gasteiger partial charge in [0.25, 0.3) is 0 Å². The molecule has 1 N–H and O–H groups in total. The first-order chi connectivity index (χ1) is 11.8. The standard InChI is InChI=1S/C16H13Br2FO5S/c1-23-14-11(17)6-5-10(13(14)16(20)24-2)15(25(21)22)9-4-3-8(19)7-12(9)18/h3-7,15H,1-2H3,(H,21,22). The minimum Gasteiger partial charge on any atom is -0.495 e. The van der Waals surface area contributed by atoms with Gasteiger partial charge in [-0.15, -0.1) is 0 Å². The summed E-state index contributed by atoms with van der Waals surface area (Å²) in [6.45, 7) is 0. The topological polar surface area (TPSA) is 72.8 Å². The number of carbonyl (C=O) groups is 1. The van der Waals surface area contributed by atoms with Crippen LogP contribution in [-0.4, -0.2) is 29.0 Å². The predicted molar refractivity (Wildman–Crippen MR) is 98.7 cm³/mol. The monoisotopic (exact) mass is 494 g/mol. The highest BCUT2D eigenvalue weighted by atomic mass is 79.9. The Hall–Kier alpha value is -1.29. The number of rotatable bonds is 5. The lowest BCUT2D eigenvalue weighted by Crippen LogP contribution is -2.16. The molecule has 0 aliphatic heterocycles. The zero-order valence-electron chi connectivity index (χ0n) is 13.1. The lowest BCUT2D eigenvalue weighted by molar-refractivity contribution is 0.0595. The number of ether oxygens (including phenoxy) is 2. The molecule has 0 bridgehead atoms. The average Bonchev–Trinajstić information content (AvgIpc) is 2.56. The van der Waals surface area contributed by atoms with Crippen molar-refractivity contribution in [3.8, 4) is 5.75 Å². The van der Waals surface area contributed by atoms with Crippen molar-refractivity contribution in [1.82, 2.24) is 0 Å². The second kappa shape index (κ2) is 8.39. The van der Waals surface area contributed by atoms with Crippen LogP contribution in [-0.2, 0) is 15.8 Å². The summed E-state index contributed by atoms with van der Waals surface area (Å²) in [7, 11) is 2.57. The normalized spacial score (nSPS) is 13.2. The Labute approximate surface area is 163 Å². The van der Waals surface area contributed by atoms with Crippen LogP contribution in [0, 0.1) is 5.82 Å². The third kappa shape index (κ3) is 4.11. The number of hydrogen-bond donors (Lipinski definition) is 1.